The van der Waals surface area contributed by atoms with Gasteiger partial charge in [0.2, 0.25) is 5.41 Å². The molecule has 0 fully saturated rings. The number of hydrogen-bond acceptors (Lipinski definition) is 6. The lowest BCUT2D eigenvalue weighted by atomic mass is 9.71. The minimum absolute atomic E-state index is 0.0518. The lowest BCUT2D eigenvalue weighted by Gasteiger charge is -2.35. The maximum Gasteiger partial charge on any atom is 0.334 e. The van der Waals surface area contributed by atoms with E-state index in [4.69, 9.17) is 9.47 Å². The summed E-state index contributed by atoms with van der Waals surface area (Å²) in [5.74, 6) is -2.29. The highest BCUT2D eigenvalue weighted by Gasteiger charge is 2.60. The van der Waals surface area contributed by atoms with E-state index < -0.39 is 23.3 Å². The van der Waals surface area contributed by atoms with Gasteiger partial charge >= 0.3 is 11.9 Å². The minimum Gasteiger partial charge on any atom is -0.468 e. The van der Waals surface area contributed by atoms with Crippen molar-refractivity contribution in [2.24, 2.45) is 0 Å². The first kappa shape index (κ1) is 18.4. The van der Waals surface area contributed by atoms with Crippen molar-refractivity contribution >= 4 is 28.7 Å². The summed E-state index contributed by atoms with van der Waals surface area (Å²) in [7, 11) is 2.30. The number of nitrogens with zero attached hydrogens (tertiary/aromatic N) is 2. The summed E-state index contributed by atoms with van der Waals surface area (Å²) in [5.41, 5.74) is -0.589. The molecule has 0 spiro atoms. The molecule has 3 aromatic rings. The highest BCUT2D eigenvalue weighted by Crippen LogP contribution is 2.46. The second-order valence-electron chi connectivity index (χ2n) is 6.78. The smallest absolute Gasteiger partial charge is 0.334 e. The Balaban J connectivity index is 2.32. The number of para-hydroxylation sites is 1. The van der Waals surface area contributed by atoms with Crippen molar-refractivity contribution in [3.8, 4) is 6.07 Å². The Kier molecular flexibility index (Phi) is 4.01. The van der Waals surface area contributed by atoms with Gasteiger partial charge in [-0.1, -0.05) is 35.9 Å². The van der Waals surface area contributed by atoms with Crippen LogP contribution in [0.1, 0.15) is 32.7 Å². The molecule has 0 radical (unpaired) electrons. The number of aromatic nitrogens is 1. The Morgan fingerprint density at radius 3 is 2.34 bits per heavy atom. The molecule has 7 heteroatoms. The number of esters is 2. The van der Waals surface area contributed by atoms with Crippen molar-refractivity contribution in [2.75, 3.05) is 14.2 Å². The molecule has 0 saturated carbocycles. The third-order valence-corrected chi connectivity index (χ3v) is 5.34. The van der Waals surface area contributed by atoms with Crippen LogP contribution in [0.4, 0.5) is 0 Å². The fourth-order valence-electron chi connectivity index (χ4n) is 4.13. The standard InChI is InChI=1S/C22H16N2O5/c1-12-8-9-16-14(10-12)19(25)24-17-7-5-4-6-13(17)15(11-23)18(24)22(16,20(26)28-2)21(27)29-3/h4-10H,1-3H3. The van der Waals surface area contributed by atoms with Crippen LogP contribution in [0, 0.1) is 18.3 Å². The van der Waals surface area contributed by atoms with Gasteiger partial charge in [0.05, 0.1) is 31.0 Å². The molecule has 144 valence electrons. The predicted molar refractivity (Wildman–Crippen MR) is 102 cm³/mol. The van der Waals surface area contributed by atoms with E-state index in [9.17, 15) is 19.6 Å². The van der Waals surface area contributed by atoms with E-state index in [0.717, 1.165) is 19.8 Å². The zero-order chi connectivity index (χ0) is 20.9. The van der Waals surface area contributed by atoms with Gasteiger partial charge in [-0.15, -0.1) is 0 Å². The van der Waals surface area contributed by atoms with Crippen LogP contribution in [0.25, 0.3) is 10.9 Å². The van der Waals surface area contributed by atoms with Gasteiger partial charge in [0, 0.05) is 10.9 Å². The second-order valence-corrected chi connectivity index (χ2v) is 6.78. The van der Waals surface area contributed by atoms with Crippen molar-refractivity contribution in [3.05, 3.63) is 70.4 Å². The van der Waals surface area contributed by atoms with Crippen LogP contribution in [-0.2, 0) is 24.5 Å². The highest BCUT2D eigenvalue weighted by atomic mass is 16.5. The van der Waals surface area contributed by atoms with Gasteiger partial charge in [0.15, 0.2) is 0 Å². The third kappa shape index (κ3) is 2.14. The SMILES string of the molecule is COC(=O)C1(C(=O)OC)c2ccc(C)cc2C(=O)n2c1c(C#N)c1ccccc12. The van der Waals surface area contributed by atoms with Crippen molar-refractivity contribution in [1.29, 1.82) is 5.26 Å². The number of benzene rings is 2. The molecule has 0 amide bonds. The van der Waals surface area contributed by atoms with Crippen LogP contribution in [-0.4, -0.2) is 36.6 Å². The summed E-state index contributed by atoms with van der Waals surface area (Å²) >= 11 is 0. The van der Waals surface area contributed by atoms with Gasteiger partial charge < -0.3 is 9.47 Å². The summed E-state index contributed by atoms with van der Waals surface area (Å²) in [6, 6.07) is 13.7. The molecule has 0 unspecified atom stereocenters. The van der Waals surface area contributed by atoms with E-state index in [1.807, 2.05) is 0 Å². The van der Waals surface area contributed by atoms with Crippen molar-refractivity contribution in [3.63, 3.8) is 0 Å². The first-order valence-electron chi connectivity index (χ1n) is 8.80. The molecule has 0 atom stereocenters. The van der Waals surface area contributed by atoms with Gasteiger partial charge in [0.25, 0.3) is 5.91 Å². The zero-order valence-corrected chi connectivity index (χ0v) is 16.0. The predicted octanol–water partition coefficient (Wildman–Crippen LogP) is 2.46. The molecule has 7 nitrogen and oxygen atoms in total. The maximum atomic E-state index is 13.5. The molecule has 1 aliphatic heterocycles. The number of aryl methyl sites for hydroxylation is 1. The first-order valence-corrected chi connectivity index (χ1v) is 8.80. The molecule has 0 bridgehead atoms. The largest absolute Gasteiger partial charge is 0.468 e. The second kappa shape index (κ2) is 6.31. The maximum absolute atomic E-state index is 13.5. The molecule has 1 aromatic heterocycles. The van der Waals surface area contributed by atoms with Crippen molar-refractivity contribution in [2.45, 2.75) is 12.3 Å². The van der Waals surface area contributed by atoms with Crippen LogP contribution >= 0.6 is 0 Å². The van der Waals surface area contributed by atoms with E-state index in [1.165, 1.54) is 4.57 Å². The molecule has 0 aliphatic carbocycles. The van der Waals surface area contributed by atoms with E-state index >= 15 is 0 Å². The molecular weight excluding hydrogens is 372 g/mol. The van der Waals surface area contributed by atoms with Gasteiger partial charge in [-0.2, -0.15) is 5.26 Å². The van der Waals surface area contributed by atoms with E-state index in [0.29, 0.717) is 10.9 Å². The third-order valence-electron chi connectivity index (χ3n) is 5.34. The van der Waals surface area contributed by atoms with E-state index in [-0.39, 0.29) is 22.4 Å². The van der Waals surface area contributed by atoms with Gasteiger partial charge in [-0.3, -0.25) is 19.0 Å². The number of ether oxygens (including phenoxy) is 2. The molecule has 29 heavy (non-hydrogen) atoms. The monoisotopic (exact) mass is 388 g/mol. The van der Waals surface area contributed by atoms with E-state index in [1.54, 1.807) is 49.4 Å². The summed E-state index contributed by atoms with van der Waals surface area (Å²) in [6.07, 6.45) is 0. The normalized spacial score (nSPS) is 13.9. The Hall–Kier alpha value is -3.92. The fraction of sp³-hybridized carbons (Fsp3) is 0.182. The van der Waals surface area contributed by atoms with Crippen LogP contribution in [0.5, 0.6) is 0 Å². The van der Waals surface area contributed by atoms with Gasteiger partial charge in [0.1, 0.15) is 6.07 Å². The molecule has 0 N–H and O–H groups in total. The average molecular weight is 388 g/mol. The lowest BCUT2D eigenvalue weighted by Crippen LogP contribution is -2.52. The molecule has 4 rings (SSSR count). The van der Waals surface area contributed by atoms with E-state index in [2.05, 4.69) is 6.07 Å². The summed E-state index contributed by atoms with van der Waals surface area (Å²) in [5, 5.41) is 10.4. The molecule has 1 aliphatic rings. The number of nitriles is 1. The van der Waals surface area contributed by atoms with Gasteiger partial charge in [-0.25, -0.2) is 0 Å². The first-order chi connectivity index (χ1) is 13.9. The van der Waals surface area contributed by atoms with Crippen molar-refractivity contribution < 1.29 is 23.9 Å². The Morgan fingerprint density at radius 1 is 1.07 bits per heavy atom. The number of carbonyl (C=O) groups excluding carboxylic acids is 3. The topological polar surface area (TPSA) is 98.4 Å². The molecule has 2 aromatic carbocycles. The summed E-state index contributed by atoms with van der Waals surface area (Å²) in [6.45, 7) is 1.80. The number of carbonyl (C=O) groups is 3. The Morgan fingerprint density at radius 2 is 1.72 bits per heavy atom. The Labute approximate surface area is 166 Å². The van der Waals surface area contributed by atoms with Crippen LogP contribution in [0.15, 0.2) is 42.5 Å². The number of fused-ring (bicyclic) bond motifs is 4. The van der Waals surface area contributed by atoms with Crippen LogP contribution < -0.4 is 0 Å². The lowest BCUT2D eigenvalue weighted by molar-refractivity contribution is -0.159. The van der Waals surface area contributed by atoms with Crippen LogP contribution in [0.2, 0.25) is 0 Å². The van der Waals surface area contributed by atoms with Crippen LogP contribution in [0.3, 0.4) is 0 Å². The Bertz CT molecular complexity index is 1250. The summed E-state index contributed by atoms with van der Waals surface area (Å²) < 4.78 is 11.3. The molecule has 2 heterocycles. The number of rotatable bonds is 2. The quantitative estimate of drug-likeness (QED) is 0.494. The van der Waals surface area contributed by atoms with Crippen molar-refractivity contribution in [1.82, 2.24) is 4.57 Å². The zero-order valence-electron chi connectivity index (χ0n) is 16.0. The number of methoxy groups -OCH3 is 2. The average Bonchev–Trinajstić information content (AvgIpc) is 3.08. The number of hydrogen-bond donors (Lipinski definition) is 0. The highest BCUT2D eigenvalue weighted by molar-refractivity contribution is 6.19. The van der Waals surface area contributed by atoms with Gasteiger partial charge in [-0.05, 0) is 24.6 Å². The molecular formula is C22H16N2O5. The summed E-state index contributed by atoms with van der Waals surface area (Å²) in [4.78, 5) is 39.9. The fourth-order valence-corrected chi connectivity index (χ4v) is 4.13. The molecule has 0 saturated heterocycles. The minimum atomic E-state index is -2.11.